The summed E-state index contributed by atoms with van der Waals surface area (Å²) in [5.74, 6) is -1.09. The van der Waals surface area contributed by atoms with Gasteiger partial charge in [0.05, 0.1) is 18.8 Å². The minimum absolute atomic E-state index is 0.0325. The van der Waals surface area contributed by atoms with Crippen LogP contribution in [-0.2, 0) is 27.5 Å². The summed E-state index contributed by atoms with van der Waals surface area (Å²) in [7, 11) is -7.71. The van der Waals surface area contributed by atoms with Gasteiger partial charge < -0.3 is 28.1 Å². The van der Waals surface area contributed by atoms with Crippen LogP contribution in [0.25, 0.3) is 10.4 Å². The summed E-state index contributed by atoms with van der Waals surface area (Å²) in [5, 5.41) is 6.10. The summed E-state index contributed by atoms with van der Waals surface area (Å²) < 4.78 is 36.7. The fourth-order valence-corrected chi connectivity index (χ4v) is 10.3. The van der Waals surface area contributed by atoms with E-state index in [1.165, 1.54) is 33.7 Å². The van der Waals surface area contributed by atoms with Gasteiger partial charge >= 0.3 is 11.4 Å². The van der Waals surface area contributed by atoms with Crippen molar-refractivity contribution in [3.63, 3.8) is 0 Å². The van der Waals surface area contributed by atoms with Gasteiger partial charge in [0.25, 0.3) is 11.1 Å². The van der Waals surface area contributed by atoms with Gasteiger partial charge in [-0.1, -0.05) is 67.4 Å². The summed E-state index contributed by atoms with van der Waals surface area (Å²) in [6.45, 7) is 31.2. The van der Waals surface area contributed by atoms with E-state index in [1.807, 2.05) is 13.1 Å². The van der Waals surface area contributed by atoms with Gasteiger partial charge in [0.2, 0.25) is 5.91 Å². The van der Waals surface area contributed by atoms with Crippen LogP contribution in [-0.4, -0.2) is 93.6 Å². The van der Waals surface area contributed by atoms with Crippen LogP contribution >= 0.6 is 0 Å². The zero-order chi connectivity index (χ0) is 44.7. The molecule has 2 fully saturated rings. The van der Waals surface area contributed by atoms with E-state index in [0.29, 0.717) is 0 Å². The molecule has 0 aliphatic carbocycles. The van der Waals surface area contributed by atoms with Crippen molar-refractivity contribution >= 4 is 30.9 Å². The molecule has 1 amide bonds. The molecule has 0 radical (unpaired) electrons. The molecule has 0 saturated carbocycles. The van der Waals surface area contributed by atoms with Gasteiger partial charge in [0.1, 0.15) is 18.3 Å². The smallest absolute Gasteiger partial charge is 0.330 e. The van der Waals surface area contributed by atoms with Crippen LogP contribution in [0.5, 0.6) is 0 Å². The highest BCUT2D eigenvalue weighted by Crippen LogP contribution is 2.47. The number of nitrogens with zero attached hydrogens (tertiary/aromatic N) is 5. The van der Waals surface area contributed by atoms with Crippen molar-refractivity contribution in [2.24, 2.45) is 11.0 Å². The molecule has 2 saturated heterocycles. The maximum absolute atomic E-state index is 14.2. The molecule has 4 rings (SSSR count). The Morgan fingerprint density at radius 2 is 1.14 bits per heavy atom. The summed E-state index contributed by atoms with van der Waals surface area (Å²) in [6.07, 6.45) is -3.47. The first-order valence-corrected chi connectivity index (χ1v) is 28.9. The van der Waals surface area contributed by atoms with Gasteiger partial charge in [-0.05, 0) is 59.9 Å². The van der Waals surface area contributed by atoms with Crippen molar-refractivity contribution < 1.29 is 27.5 Å². The highest BCUT2D eigenvalue weighted by atomic mass is 28.4. The first-order chi connectivity index (χ1) is 26.9. The lowest BCUT2D eigenvalue weighted by atomic mass is 9.93. The van der Waals surface area contributed by atoms with Gasteiger partial charge in [-0.15, -0.1) is 0 Å². The molecule has 0 unspecified atom stereocenters. The Labute approximate surface area is 348 Å². The Kier molecular flexibility index (Phi) is 14.3. The first kappa shape index (κ1) is 48.3. The third-order valence-electron chi connectivity index (χ3n) is 13.0. The second kappa shape index (κ2) is 17.5. The number of hydrogen-bond acceptors (Lipinski definition) is 11. The van der Waals surface area contributed by atoms with E-state index in [1.54, 1.807) is 0 Å². The third kappa shape index (κ3) is 10.9. The molecule has 3 N–H and O–H groups in total. The van der Waals surface area contributed by atoms with Crippen molar-refractivity contribution in [3.05, 3.63) is 76.6 Å². The predicted molar refractivity (Wildman–Crippen MR) is 232 cm³/mol. The zero-order valence-corrected chi connectivity index (χ0v) is 40.4. The van der Waals surface area contributed by atoms with E-state index < -0.39 is 102 Å². The molecule has 0 spiro atoms. The molecule has 330 valence electrons. The molecule has 0 bridgehead atoms. The molecule has 8 atom stereocenters. The number of ether oxygens (including phenoxy) is 2. The number of hydrogen-bond donors (Lipinski definition) is 3. The molecule has 18 nitrogen and oxygen atoms in total. The molecule has 2 aliphatic rings. The number of aromatic nitrogens is 4. The average molecular weight is 879 g/mol. The van der Waals surface area contributed by atoms with Crippen LogP contribution in [0, 0.1) is 5.92 Å². The lowest BCUT2D eigenvalue weighted by Gasteiger charge is -2.44. The number of rotatable bonds is 14. The number of H-pyrrole nitrogens is 2. The first-order valence-electron chi connectivity index (χ1n) is 20.2. The normalized spacial score (nSPS) is 25.8. The quantitative estimate of drug-likeness (QED) is 0.0935. The monoisotopic (exact) mass is 878 g/mol. The van der Waals surface area contributed by atoms with Crippen molar-refractivity contribution in [2.75, 3.05) is 13.1 Å². The minimum atomic E-state index is -2.60. The maximum Gasteiger partial charge on any atom is 0.330 e. The topological polar surface area (TPSA) is 234 Å². The van der Waals surface area contributed by atoms with Crippen LogP contribution in [0.4, 0.5) is 0 Å². The van der Waals surface area contributed by atoms with Crippen LogP contribution in [0.1, 0.15) is 81.2 Å². The SMILES string of the molecule is CC(C)(C)[Si](C)(C)O[C@@H]1[C@H](CC(=O)NC[C@H]2O[C@@H](n3ccc(=O)[nH]c3=O)[C@H](O[Si](C)(C)C(C)(C)C)[C@@H]2O[Si](C)(C)C(C)(C)C)[C@@H](CN=[N+]=[N-])O[C@H]1n1ccc(=O)[nH]c1=O. The number of amides is 1. The van der Waals surface area contributed by atoms with Crippen molar-refractivity contribution in [2.45, 2.75) is 166 Å². The lowest BCUT2D eigenvalue weighted by Crippen LogP contribution is -2.55. The molecule has 21 heteroatoms. The number of carbonyl (C=O) groups is 1. The maximum atomic E-state index is 14.2. The summed E-state index contributed by atoms with van der Waals surface area (Å²) >= 11 is 0. The Bertz CT molecular complexity index is 2110. The largest absolute Gasteiger partial charge is 0.409 e. The zero-order valence-electron chi connectivity index (χ0n) is 37.4. The average Bonchev–Trinajstić information content (AvgIpc) is 3.56. The second-order valence-corrected chi connectivity index (χ2v) is 34.5. The lowest BCUT2D eigenvalue weighted by molar-refractivity contribution is -0.124. The molecule has 0 aromatic carbocycles. The van der Waals surface area contributed by atoms with E-state index >= 15 is 0 Å². The Hall–Kier alpha value is -3.41. The van der Waals surface area contributed by atoms with Crippen LogP contribution < -0.4 is 27.8 Å². The van der Waals surface area contributed by atoms with Gasteiger partial charge in [0, 0.05) is 48.3 Å². The Morgan fingerprint density at radius 1 is 0.729 bits per heavy atom. The van der Waals surface area contributed by atoms with Gasteiger partial charge in [-0.2, -0.15) is 0 Å². The van der Waals surface area contributed by atoms with Crippen molar-refractivity contribution in [1.82, 2.24) is 24.4 Å². The number of nitrogens with one attached hydrogen (secondary N) is 3. The van der Waals surface area contributed by atoms with Crippen LogP contribution in [0.15, 0.2) is 48.8 Å². The molecule has 2 aliphatic heterocycles. The standard InChI is InChI=1S/C38H66N8O10Si3/c1-36(2,3)57(10,11)54-29-23(24(22-41-44-39)52-32(29)45-18-16-26(47)42-34(45)50)20-28(49)40-21-25-30(55-58(12,13)37(4,5)6)31(56-59(14,15)38(7,8)9)33(53-25)46-19-17-27(48)43-35(46)51/h16-19,23-25,29-33H,20-22H2,1-15H3,(H,40,49)(H,42,47,50)(H,43,48,51)/t23-,24-,25-,29-,30-,31-,32-,33-/m1/s1. The van der Waals surface area contributed by atoms with Gasteiger partial charge in [-0.3, -0.25) is 33.5 Å². The predicted octanol–water partition coefficient (Wildman–Crippen LogP) is 5.49. The molecule has 4 heterocycles. The van der Waals surface area contributed by atoms with Crippen molar-refractivity contribution in [1.29, 1.82) is 0 Å². The van der Waals surface area contributed by atoms with E-state index in [2.05, 4.69) is 114 Å². The van der Waals surface area contributed by atoms with E-state index in [4.69, 9.17) is 22.8 Å². The fourth-order valence-electron chi connectivity index (χ4n) is 6.36. The number of carbonyl (C=O) groups excluding carboxylic acids is 1. The van der Waals surface area contributed by atoms with E-state index in [-0.39, 0.29) is 34.6 Å². The summed E-state index contributed by atoms with van der Waals surface area (Å²) in [4.78, 5) is 72.3. The van der Waals surface area contributed by atoms with E-state index in [0.717, 1.165) is 0 Å². The highest BCUT2D eigenvalue weighted by Gasteiger charge is 2.55. The van der Waals surface area contributed by atoms with Crippen LogP contribution in [0.2, 0.25) is 54.4 Å². The summed E-state index contributed by atoms with van der Waals surface area (Å²) in [5.41, 5.74) is 6.76. The van der Waals surface area contributed by atoms with Crippen molar-refractivity contribution in [3.8, 4) is 0 Å². The minimum Gasteiger partial charge on any atom is -0.409 e. The molecular weight excluding hydrogens is 813 g/mol. The molecule has 2 aromatic heterocycles. The molecular formula is C38H66N8O10Si3. The Morgan fingerprint density at radius 3 is 1.56 bits per heavy atom. The molecule has 59 heavy (non-hydrogen) atoms. The fraction of sp³-hybridized carbons (Fsp3) is 0.763. The van der Waals surface area contributed by atoms with E-state index in [9.17, 15) is 29.5 Å². The van der Waals surface area contributed by atoms with Gasteiger partial charge in [0.15, 0.2) is 37.4 Å². The van der Waals surface area contributed by atoms with Gasteiger partial charge in [-0.25, -0.2) is 9.59 Å². The number of azide groups is 1. The number of aromatic amines is 2. The third-order valence-corrected chi connectivity index (χ3v) is 26.4. The highest BCUT2D eigenvalue weighted by molar-refractivity contribution is 6.75. The van der Waals surface area contributed by atoms with Crippen LogP contribution in [0.3, 0.4) is 0 Å². The Balaban J connectivity index is 1.74. The molecule has 2 aromatic rings. The second-order valence-electron chi connectivity index (χ2n) is 20.3. The summed E-state index contributed by atoms with van der Waals surface area (Å²) in [6, 6.07) is 2.46.